The van der Waals surface area contributed by atoms with Crippen molar-refractivity contribution >= 4 is 23.7 Å². The molecule has 190 valence electrons. The first-order valence-electron chi connectivity index (χ1n) is 12.7. The summed E-state index contributed by atoms with van der Waals surface area (Å²) >= 11 is 0. The third kappa shape index (κ3) is 4.96. The van der Waals surface area contributed by atoms with Crippen LogP contribution in [0.15, 0.2) is 73.1 Å². The van der Waals surface area contributed by atoms with Crippen molar-refractivity contribution in [2.45, 2.75) is 38.1 Å². The summed E-state index contributed by atoms with van der Waals surface area (Å²) in [5.41, 5.74) is 1.34. The van der Waals surface area contributed by atoms with E-state index >= 15 is 0 Å². The molecule has 0 N–H and O–H groups in total. The highest BCUT2D eigenvalue weighted by atomic mass is 16.2. The Kier molecular flexibility index (Phi) is 6.99. The standard InChI is InChI=1S/C29H31N5O3/c1-22-9-5-6-12-24(22)29(20-26(36)34(27(29)37)21-23-10-3-2-4-11-23)19-25(35)32-15-8-16-33(18-17-32)28-30-13-7-14-31-28/h2-7,9-14H,8,15-21H2,1H3. The Morgan fingerprint density at radius 3 is 2.38 bits per heavy atom. The van der Waals surface area contributed by atoms with Gasteiger partial charge in [-0.05, 0) is 36.1 Å². The molecular formula is C29H31N5O3. The van der Waals surface area contributed by atoms with Gasteiger partial charge in [0, 0.05) is 51.4 Å². The summed E-state index contributed by atoms with van der Waals surface area (Å²) in [6.07, 6.45) is 4.16. The highest BCUT2D eigenvalue weighted by Crippen LogP contribution is 2.42. The molecule has 2 aromatic carbocycles. The van der Waals surface area contributed by atoms with E-state index in [0.717, 1.165) is 29.7 Å². The number of imide groups is 1. The van der Waals surface area contributed by atoms with Gasteiger partial charge in [-0.25, -0.2) is 9.97 Å². The molecule has 2 fully saturated rings. The first-order valence-corrected chi connectivity index (χ1v) is 12.7. The monoisotopic (exact) mass is 497 g/mol. The smallest absolute Gasteiger partial charge is 0.241 e. The Hall–Kier alpha value is -4.07. The van der Waals surface area contributed by atoms with Crippen LogP contribution in [-0.4, -0.2) is 63.7 Å². The fourth-order valence-electron chi connectivity index (χ4n) is 5.47. The van der Waals surface area contributed by atoms with Crippen LogP contribution in [0.2, 0.25) is 0 Å². The second-order valence-electron chi connectivity index (χ2n) is 9.79. The largest absolute Gasteiger partial charge is 0.341 e. The maximum absolute atomic E-state index is 14.0. The van der Waals surface area contributed by atoms with Crippen molar-refractivity contribution in [2.24, 2.45) is 0 Å². The lowest BCUT2D eigenvalue weighted by Crippen LogP contribution is -2.44. The van der Waals surface area contributed by atoms with E-state index in [1.807, 2.05) is 66.4 Å². The highest BCUT2D eigenvalue weighted by molar-refractivity contribution is 6.10. The second kappa shape index (κ2) is 10.5. The molecule has 3 amide bonds. The Morgan fingerprint density at radius 1 is 0.892 bits per heavy atom. The van der Waals surface area contributed by atoms with Crippen LogP contribution in [0, 0.1) is 6.92 Å². The van der Waals surface area contributed by atoms with E-state index in [1.165, 1.54) is 4.90 Å². The number of hydrogen-bond acceptors (Lipinski definition) is 6. The topological polar surface area (TPSA) is 86.7 Å². The molecule has 1 aromatic heterocycles. The van der Waals surface area contributed by atoms with E-state index in [1.54, 1.807) is 18.5 Å². The zero-order valence-corrected chi connectivity index (χ0v) is 21.0. The third-order valence-corrected chi connectivity index (χ3v) is 7.39. The average molecular weight is 498 g/mol. The predicted molar refractivity (Wildman–Crippen MR) is 140 cm³/mol. The summed E-state index contributed by atoms with van der Waals surface area (Å²) in [5.74, 6) is 0.00871. The van der Waals surface area contributed by atoms with Crippen LogP contribution in [0.1, 0.15) is 36.0 Å². The second-order valence-corrected chi connectivity index (χ2v) is 9.79. The lowest BCUT2D eigenvalue weighted by molar-refractivity contribution is -0.143. The number of amides is 3. The van der Waals surface area contributed by atoms with Gasteiger partial charge in [-0.15, -0.1) is 0 Å². The number of likely N-dealkylation sites (tertiary alicyclic amines) is 1. The zero-order valence-electron chi connectivity index (χ0n) is 21.0. The molecule has 0 bridgehead atoms. The van der Waals surface area contributed by atoms with Gasteiger partial charge in [-0.1, -0.05) is 54.6 Å². The number of benzene rings is 2. The summed E-state index contributed by atoms with van der Waals surface area (Å²) in [4.78, 5) is 54.9. The lowest BCUT2D eigenvalue weighted by Gasteiger charge is -2.31. The Balaban J connectivity index is 1.40. The normalized spacial score (nSPS) is 20.3. The van der Waals surface area contributed by atoms with Gasteiger partial charge < -0.3 is 9.80 Å². The minimum Gasteiger partial charge on any atom is -0.341 e. The number of carbonyl (C=O) groups is 3. The number of aromatic nitrogens is 2. The molecule has 3 aromatic rings. The molecule has 37 heavy (non-hydrogen) atoms. The van der Waals surface area contributed by atoms with E-state index in [2.05, 4.69) is 14.9 Å². The molecule has 8 nitrogen and oxygen atoms in total. The molecule has 0 radical (unpaired) electrons. The molecule has 1 atom stereocenters. The van der Waals surface area contributed by atoms with E-state index in [0.29, 0.717) is 25.6 Å². The van der Waals surface area contributed by atoms with Crippen LogP contribution in [0.4, 0.5) is 5.95 Å². The third-order valence-electron chi connectivity index (χ3n) is 7.39. The van der Waals surface area contributed by atoms with Crippen molar-refractivity contribution in [1.82, 2.24) is 19.8 Å². The molecule has 8 heteroatoms. The summed E-state index contributed by atoms with van der Waals surface area (Å²) < 4.78 is 0. The Bertz CT molecular complexity index is 1280. The van der Waals surface area contributed by atoms with Crippen molar-refractivity contribution in [1.29, 1.82) is 0 Å². The van der Waals surface area contributed by atoms with Gasteiger partial charge in [0.05, 0.1) is 12.0 Å². The average Bonchev–Trinajstić information content (AvgIpc) is 3.08. The molecule has 0 saturated carbocycles. The number of carbonyl (C=O) groups excluding carboxylic acids is 3. The van der Waals surface area contributed by atoms with Gasteiger partial charge in [0.2, 0.25) is 23.7 Å². The van der Waals surface area contributed by atoms with Crippen molar-refractivity contribution < 1.29 is 14.4 Å². The fourth-order valence-corrected chi connectivity index (χ4v) is 5.47. The molecule has 0 aliphatic carbocycles. The minimum absolute atomic E-state index is 0.00686. The molecule has 2 aliphatic rings. The first kappa shape index (κ1) is 24.6. The van der Waals surface area contributed by atoms with E-state index in [-0.39, 0.29) is 37.1 Å². The Morgan fingerprint density at radius 2 is 1.62 bits per heavy atom. The lowest BCUT2D eigenvalue weighted by atomic mass is 9.74. The molecule has 5 rings (SSSR count). The van der Waals surface area contributed by atoms with Crippen molar-refractivity contribution in [3.63, 3.8) is 0 Å². The van der Waals surface area contributed by atoms with Crippen LogP contribution in [0.25, 0.3) is 0 Å². The van der Waals surface area contributed by atoms with Crippen LogP contribution in [0.5, 0.6) is 0 Å². The van der Waals surface area contributed by atoms with Gasteiger partial charge >= 0.3 is 0 Å². The van der Waals surface area contributed by atoms with Gasteiger partial charge in [0.25, 0.3) is 0 Å². The van der Waals surface area contributed by atoms with Gasteiger partial charge in [0.15, 0.2) is 0 Å². The molecule has 0 spiro atoms. The van der Waals surface area contributed by atoms with Crippen LogP contribution < -0.4 is 4.90 Å². The summed E-state index contributed by atoms with van der Waals surface area (Å²) in [7, 11) is 0. The van der Waals surface area contributed by atoms with Crippen molar-refractivity contribution in [3.8, 4) is 0 Å². The quantitative estimate of drug-likeness (QED) is 0.487. The highest BCUT2D eigenvalue weighted by Gasteiger charge is 2.54. The minimum atomic E-state index is -1.21. The number of nitrogens with zero attached hydrogens (tertiary/aromatic N) is 5. The maximum atomic E-state index is 14.0. The molecular weight excluding hydrogens is 466 g/mol. The molecule has 2 saturated heterocycles. The van der Waals surface area contributed by atoms with Crippen LogP contribution in [-0.2, 0) is 26.3 Å². The van der Waals surface area contributed by atoms with Gasteiger partial charge in [0.1, 0.15) is 0 Å². The van der Waals surface area contributed by atoms with Crippen molar-refractivity contribution in [3.05, 3.63) is 89.7 Å². The number of rotatable bonds is 6. The summed E-state index contributed by atoms with van der Waals surface area (Å²) in [6, 6.07) is 18.9. The SMILES string of the molecule is Cc1ccccc1C1(CC(=O)N2CCCN(c3ncccn3)CC2)CC(=O)N(Cc2ccccc2)C1=O. The fraction of sp³-hybridized carbons (Fsp3) is 0.345. The molecule has 1 unspecified atom stereocenters. The van der Waals surface area contributed by atoms with E-state index in [9.17, 15) is 14.4 Å². The molecule has 2 aliphatic heterocycles. The predicted octanol–water partition coefficient (Wildman–Crippen LogP) is 3.11. The van der Waals surface area contributed by atoms with Crippen LogP contribution >= 0.6 is 0 Å². The Labute approximate surface area is 216 Å². The van der Waals surface area contributed by atoms with E-state index < -0.39 is 5.41 Å². The first-order chi connectivity index (χ1) is 18.0. The zero-order chi connectivity index (χ0) is 25.8. The number of anilines is 1. The van der Waals surface area contributed by atoms with E-state index in [4.69, 9.17) is 0 Å². The van der Waals surface area contributed by atoms with Gasteiger partial charge in [-0.2, -0.15) is 0 Å². The number of hydrogen-bond donors (Lipinski definition) is 0. The van der Waals surface area contributed by atoms with Crippen LogP contribution in [0.3, 0.4) is 0 Å². The van der Waals surface area contributed by atoms with Crippen molar-refractivity contribution in [2.75, 3.05) is 31.1 Å². The molecule has 3 heterocycles. The number of aryl methyl sites for hydroxylation is 1. The van der Waals surface area contributed by atoms with Gasteiger partial charge in [-0.3, -0.25) is 19.3 Å². The summed E-state index contributed by atoms with van der Waals surface area (Å²) in [5, 5.41) is 0. The summed E-state index contributed by atoms with van der Waals surface area (Å²) in [6.45, 7) is 4.59. The maximum Gasteiger partial charge on any atom is 0.241 e.